The Bertz CT molecular complexity index is 809. The molecule has 0 atom stereocenters. The molecule has 0 aromatic heterocycles. The maximum Gasteiger partial charge on any atom is 0.339 e. The summed E-state index contributed by atoms with van der Waals surface area (Å²) >= 11 is 5.73. The maximum absolute atomic E-state index is 13.0. The number of nitro benzene ring substituents is 1. The van der Waals surface area contributed by atoms with Crippen molar-refractivity contribution in [3.8, 4) is 5.75 Å². The van der Waals surface area contributed by atoms with Gasteiger partial charge in [0.1, 0.15) is 10.7 Å². The molecule has 0 heterocycles. The van der Waals surface area contributed by atoms with Gasteiger partial charge in [0.15, 0.2) is 5.75 Å². The van der Waals surface area contributed by atoms with E-state index >= 15 is 0 Å². The standard InChI is InChI=1S/C12H7ClFNO5S/c13-11-7-9(15(16)17)4-5-12(11)20-21(18,19)10-3-1-2-8(14)6-10/h1-7H. The Morgan fingerprint density at radius 1 is 1.19 bits per heavy atom. The fourth-order valence-electron chi connectivity index (χ4n) is 1.46. The lowest BCUT2D eigenvalue weighted by Gasteiger charge is -2.08. The third kappa shape index (κ3) is 3.47. The molecule has 9 heteroatoms. The van der Waals surface area contributed by atoms with Gasteiger partial charge in [0.2, 0.25) is 0 Å². The van der Waals surface area contributed by atoms with Crippen LogP contribution in [0.15, 0.2) is 47.4 Å². The van der Waals surface area contributed by atoms with Crippen LogP contribution in [0, 0.1) is 15.9 Å². The lowest BCUT2D eigenvalue weighted by molar-refractivity contribution is -0.384. The molecule has 2 rings (SSSR count). The molecular weight excluding hydrogens is 325 g/mol. The zero-order valence-corrected chi connectivity index (χ0v) is 11.8. The van der Waals surface area contributed by atoms with E-state index in [9.17, 15) is 22.9 Å². The summed E-state index contributed by atoms with van der Waals surface area (Å²) in [6.07, 6.45) is 0. The SMILES string of the molecule is O=[N+]([O-])c1ccc(OS(=O)(=O)c2cccc(F)c2)c(Cl)c1. The van der Waals surface area contributed by atoms with Crippen LogP contribution in [0.5, 0.6) is 5.75 Å². The molecule has 6 nitrogen and oxygen atoms in total. The molecule has 0 bridgehead atoms. The summed E-state index contributed by atoms with van der Waals surface area (Å²) in [5.74, 6) is -1.03. The summed E-state index contributed by atoms with van der Waals surface area (Å²) in [5, 5.41) is 10.3. The largest absolute Gasteiger partial charge is 0.377 e. The maximum atomic E-state index is 13.0. The van der Waals surface area contributed by atoms with Gasteiger partial charge < -0.3 is 4.18 Å². The Labute approximate surface area is 124 Å². The number of benzene rings is 2. The Balaban J connectivity index is 2.35. The fourth-order valence-corrected chi connectivity index (χ4v) is 2.70. The predicted octanol–water partition coefficient (Wildman–Crippen LogP) is 3.16. The van der Waals surface area contributed by atoms with Crippen molar-refractivity contribution in [2.45, 2.75) is 4.90 Å². The van der Waals surface area contributed by atoms with E-state index in [4.69, 9.17) is 15.8 Å². The normalized spacial score (nSPS) is 11.1. The Hall–Kier alpha value is -2.19. The van der Waals surface area contributed by atoms with Gasteiger partial charge in [0.25, 0.3) is 5.69 Å². The van der Waals surface area contributed by atoms with Gasteiger partial charge in [-0.1, -0.05) is 17.7 Å². The summed E-state index contributed by atoms with van der Waals surface area (Å²) in [4.78, 5) is 9.48. The van der Waals surface area contributed by atoms with Gasteiger partial charge in [-0.3, -0.25) is 10.1 Å². The molecule has 0 fully saturated rings. The van der Waals surface area contributed by atoms with Gasteiger partial charge >= 0.3 is 10.1 Å². The third-order valence-electron chi connectivity index (χ3n) is 2.41. The Kier molecular flexibility index (Phi) is 4.10. The van der Waals surface area contributed by atoms with Crippen LogP contribution in [0.25, 0.3) is 0 Å². The topological polar surface area (TPSA) is 86.5 Å². The van der Waals surface area contributed by atoms with E-state index in [-0.39, 0.29) is 16.5 Å². The molecule has 0 N–H and O–H groups in total. The van der Waals surface area contributed by atoms with Gasteiger partial charge in [-0.2, -0.15) is 8.42 Å². The molecule has 0 aliphatic heterocycles. The van der Waals surface area contributed by atoms with Gasteiger partial charge in [-0.15, -0.1) is 0 Å². The van der Waals surface area contributed by atoms with Gasteiger partial charge in [-0.25, -0.2) is 4.39 Å². The highest BCUT2D eigenvalue weighted by molar-refractivity contribution is 7.87. The molecule has 0 aliphatic carbocycles. The van der Waals surface area contributed by atoms with Crippen molar-refractivity contribution < 1.29 is 21.9 Å². The van der Waals surface area contributed by atoms with Crippen molar-refractivity contribution in [2.75, 3.05) is 0 Å². The van der Waals surface area contributed by atoms with Crippen LogP contribution < -0.4 is 4.18 Å². The molecule has 110 valence electrons. The first-order valence-corrected chi connectivity index (χ1v) is 7.22. The van der Waals surface area contributed by atoms with Crippen LogP contribution in [-0.4, -0.2) is 13.3 Å². The monoisotopic (exact) mass is 331 g/mol. The highest BCUT2D eigenvalue weighted by Crippen LogP contribution is 2.30. The van der Waals surface area contributed by atoms with Gasteiger partial charge in [0, 0.05) is 12.1 Å². The van der Waals surface area contributed by atoms with E-state index in [0.29, 0.717) is 0 Å². The van der Waals surface area contributed by atoms with Crippen LogP contribution in [-0.2, 0) is 10.1 Å². The van der Waals surface area contributed by atoms with E-state index in [2.05, 4.69) is 0 Å². The third-order valence-corrected chi connectivity index (χ3v) is 3.94. The quantitative estimate of drug-likeness (QED) is 0.488. The van der Waals surface area contributed by atoms with E-state index in [0.717, 1.165) is 36.4 Å². The Morgan fingerprint density at radius 2 is 1.90 bits per heavy atom. The summed E-state index contributed by atoms with van der Waals surface area (Å²) in [5.41, 5.74) is -0.310. The molecule has 0 radical (unpaired) electrons. The molecule has 21 heavy (non-hydrogen) atoms. The fraction of sp³-hybridized carbons (Fsp3) is 0. The molecule has 2 aromatic rings. The van der Waals surface area contributed by atoms with Crippen molar-refractivity contribution in [3.05, 3.63) is 63.4 Å². The van der Waals surface area contributed by atoms with E-state index < -0.39 is 25.8 Å². The zero-order valence-electron chi connectivity index (χ0n) is 10.2. The number of halogens is 2. The molecular formula is C12H7ClFNO5S. The molecule has 0 amide bonds. The van der Waals surface area contributed by atoms with Crippen molar-refractivity contribution in [2.24, 2.45) is 0 Å². The van der Waals surface area contributed by atoms with E-state index in [1.807, 2.05) is 0 Å². The van der Waals surface area contributed by atoms with Crippen molar-refractivity contribution >= 4 is 27.4 Å². The van der Waals surface area contributed by atoms with Crippen molar-refractivity contribution in [1.29, 1.82) is 0 Å². The molecule has 0 unspecified atom stereocenters. The molecule has 2 aromatic carbocycles. The number of hydrogen-bond donors (Lipinski definition) is 0. The summed E-state index contributed by atoms with van der Waals surface area (Å²) < 4.78 is 41.7. The first-order chi connectivity index (χ1) is 9.79. The minimum Gasteiger partial charge on any atom is -0.377 e. The molecule has 0 aliphatic rings. The second-order valence-corrected chi connectivity index (χ2v) is 5.82. The van der Waals surface area contributed by atoms with Crippen LogP contribution in [0.4, 0.5) is 10.1 Å². The molecule has 0 spiro atoms. The van der Waals surface area contributed by atoms with E-state index in [1.165, 1.54) is 6.07 Å². The van der Waals surface area contributed by atoms with Crippen LogP contribution >= 0.6 is 11.6 Å². The predicted molar refractivity (Wildman–Crippen MR) is 72.3 cm³/mol. The number of non-ortho nitro benzene ring substituents is 1. The number of nitro groups is 1. The number of nitrogens with zero attached hydrogens (tertiary/aromatic N) is 1. The van der Waals surface area contributed by atoms with Crippen molar-refractivity contribution in [3.63, 3.8) is 0 Å². The zero-order chi connectivity index (χ0) is 15.6. The number of hydrogen-bond acceptors (Lipinski definition) is 5. The van der Waals surface area contributed by atoms with Crippen LogP contribution in [0.3, 0.4) is 0 Å². The van der Waals surface area contributed by atoms with Crippen LogP contribution in [0.2, 0.25) is 5.02 Å². The molecule has 0 saturated heterocycles. The lowest BCUT2D eigenvalue weighted by atomic mass is 10.3. The van der Waals surface area contributed by atoms with Gasteiger partial charge in [-0.05, 0) is 24.3 Å². The second kappa shape index (κ2) is 5.66. The summed E-state index contributed by atoms with van der Waals surface area (Å²) in [7, 11) is -4.29. The van der Waals surface area contributed by atoms with Crippen LogP contribution in [0.1, 0.15) is 0 Å². The second-order valence-electron chi connectivity index (χ2n) is 3.87. The summed E-state index contributed by atoms with van der Waals surface area (Å²) in [6.45, 7) is 0. The first-order valence-electron chi connectivity index (χ1n) is 5.43. The minimum atomic E-state index is -4.29. The number of rotatable bonds is 4. The smallest absolute Gasteiger partial charge is 0.339 e. The average Bonchev–Trinajstić information content (AvgIpc) is 2.40. The van der Waals surface area contributed by atoms with E-state index in [1.54, 1.807) is 0 Å². The minimum absolute atomic E-state index is 0.246. The Morgan fingerprint density at radius 3 is 2.48 bits per heavy atom. The molecule has 0 saturated carbocycles. The van der Waals surface area contributed by atoms with Crippen molar-refractivity contribution in [1.82, 2.24) is 0 Å². The summed E-state index contributed by atoms with van der Waals surface area (Å²) in [6, 6.07) is 7.28. The average molecular weight is 332 g/mol. The highest BCUT2D eigenvalue weighted by atomic mass is 35.5. The lowest BCUT2D eigenvalue weighted by Crippen LogP contribution is -2.10. The highest BCUT2D eigenvalue weighted by Gasteiger charge is 2.20. The van der Waals surface area contributed by atoms with Gasteiger partial charge in [0.05, 0.1) is 9.95 Å². The first kappa shape index (κ1) is 15.2.